The third-order valence-electron chi connectivity index (χ3n) is 5.90. The van der Waals surface area contributed by atoms with Gasteiger partial charge in [-0.1, -0.05) is 32.9 Å². The van der Waals surface area contributed by atoms with Gasteiger partial charge in [0.05, 0.1) is 5.57 Å². The number of aryl methyl sites for hydroxylation is 1. The molecule has 1 atom stereocenters. The van der Waals surface area contributed by atoms with E-state index in [9.17, 15) is 4.79 Å². The molecule has 0 saturated carbocycles. The number of amides is 1. The van der Waals surface area contributed by atoms with Gasteiger partial charge in [-0.25, -0.2) is 0 Å². The van der Waals surface area contributed by atoms with Gasteiger partial charge in [-0.05, 0) is 79.8 Å². The van der Waals surface area contributed by atoms with Crippen molar-refractivity contribution in [2.45, 2.75) is 53.4 Å². The van der Waals surface area contributed by atoms with Gasteiger partial charge in [0.1, 0.15) is 5.04 Å². The summed E-state index contributed by atoms with van der Waals surface area (Å²) in [4.78, 5) is 16.8. The van der Waals surface area contributed by atoms with Gasteiger partial charge in [0.25, 0.3) is 5.91 Å². The second-order valence-electron chi connectivity index (χ2n) is 7.93. The molecular formula is C24H27N5OS. The number of nitrogens with one attached hydrogen (secondary N) is 1. The van der Waals surface area contributed by atoms with E-state index in [1.165, 1.54) is 22.3 Å². The number of hydrazone groups is 1. The quantitative estimate of drug-likeness (QED) is 0.620. The lowest BCUT2D eigenvalue weighted by molar-refractivity contribution is -0.114. The number of thioether (sulfide) groups is 1. The third-order valence-corrected chi connectivity index (χ3v) is 6.95. The van der Waals surface area contributed by atoms with Gasteiger partial charge in [0.15, 0.2) is 5.84 Å². The third kappa shape index (κ3) is 3.78. The van der Waals surface area contributed by atoms with Crippen molar-refractivity contribution in [2.24, 2.45) is 10.1 Å². The fraction of sp³-hybridized carbons (Fsp3) is 0.333. The topological polar surface area (TPSA) is 73.8 Å². The van der Waals surface area contributed by atoms with Gasteiger partial charge >= 0.3 is 0 Å². The van der Waals surface area contributed by atoms with Crippen LogP contribution in [0.2, 0.25) is 0 Å². The van der Waals surface area contributed by atoms with Gasteiger partial charge < -0.3 is 4.57 Å². The van der Waals surface area contributed by atoms with E-state index in [4.69, 9.17) is 5.41 Å². The molecule has 31 heavy (non-hydrogen) atoms. The van der Waals surface area contributed by atoms with Crippen LogP contribution in [-0.4, -0.2) is 31.5 Å². The van der Waals surface area contributed by atoms with E-state index in [2.05, 4.69) is 59.7 Å². The van der Waals surface area contributed by atoms with Gasteiger partial charge in [-0.15, -0.1) is 0 Å². The number of aliphatic imine (C=N–C) groups is 1. The molecule has 0 radical (unpaired) electrons. The van der Waals surface area contributed by atoms with Gasteiger partial charge in [-0.2, -0.15) is 15.1 Å². The van der Waals surface area contributed by atoms with Crippen LogP contribution in [0.1, 0.15) is 62.0 Å². The highest BCUT2D eigenvalue weighted by Crippen LogP contribution is 2.30. The fourth-order valence-corrected chi connectivity index (χ4v) is 4.67. The summed E-state index contributed by atoms with van der Waals surface area (Å²) in [6.45, 7) is 10.5. The van der Waals surface area contributed by atoms with Crippen LogP contribution in [0.25, 0.3) is 11.8 Å². The van der Waals surface area contributed by atoms with Crippen molar-refractivity contribution in [1.82, 2.24) is 9.58 Å². The zero-order valence-corrected chi connectivity index (χ0v) is 19.4. The highest BCUT2D eigenvalue weighted by molar-refractivity contribution is 8.26. The predicted molar refractivity (Wildman–Crippen MR) is 129 cm³/mol. The molecule has 3 heterocycles. The first-order valence-corrected chi connectivity index (χ1v) is 11.4. The van der Waals surface area contributed by atoms with Crippen molar-refractivity contribution in [1.29, 1.82) is 5.41 Å². The lowest BCUT2D eigenvalue weighted by Gasteiger charge is -2.20. The van der Waals surface area contributed by atoms with E-state index in [0.717, 1.165) is 40.5 Å². The molecule has 4 rings (SSSR count). The molecule has 160 valence electrons. The molecule has 1 unspecified atom stereocenters. The molecule has 0 saturated heterocycles. The van der Waals surface area contributed by atoms with Gasteiger partial charge in [0.2, 0.25) is 5.17 Å². The Morgan fingerprint density at radius 1 is 1.19 bits per heavy atom. The normalized spacial score (nSPS) is 18.4. The molecule has 1 amide bonds. The van der Waals surface area contributed by atoms with E-state index >= 15 is 0 Å². The average Bonchev–Trinajstić information content (AvgIpc) is 3.30. The minimum Gasteiger partial charge on any atom is -0.318 e. The zero-order valence-electron chi connectivity index (χ0n) is 18.6. The molecule has 0 fully saturated rings. The standard InChI is InChI=1S/C24H27N5OS/c1-6-14(3)17-8-10-19(11-9-17)28-15(4)12-18(16(28)5)13-20-22(25)29-24(26-23(20)30)31-21(7-2)27-29/h8-14,25H,6-7H2,1-5H3/b20-13-,25-22?. The lowest BCUT2D eigenvalue weighted by atomic mass is 9.98. The molecular weight excluding hydrogens is 406 g/mol. The predicted octanol–water partition coefficient (Wildman–Crippen LogP) is 5.64. The van der Waals surface area contributed by atoms with Gasteiger partial charge in [-0.3, -0.25) is 10.2 Å². The molecule has 0 aliphatic carbocycles. The molecule has 2 aliphatic rings. The summed E-state index contributed by atoms with van der Waals surface area (Å²) in [5, 5.41) is 15.7. The molecule has 0 bridgehead atoms. The molecule has 2 aliphatic heterocycles. The first kappa shape index (κ1) is 21.3. The highest BCUT2D eigenvalue weighted by atomic mass is 32.2. The second-order valence-corrected chi connectivity index (χ2v) is 8.97. The summed E-state index contributed by atoms with van der Waals surface area (Å²) in [5.41, 5.74) is 5.68. The van der Waals surface area contributed by atoms with Crippen molar-refractivity contribution in [3.63, 3.8) is 0 Å². The minimum atomic E-state index is -0.390. The van der Waals surface area contributed by atoms with Crippen LogP contribution < -0.4 is 0 Å². The number of rotatable bonds is 5. The molecule has 1 N–H and O–H groups in total. The molecule has 1 aromatic heterocycles. The average molecular weight is 434 g/mol. The van der Waals surface area contributed by atoms with E-state index in [1.54, 1.807) is 6.08 Å². The largest absolute Gasteiger partial charge is 0.318 e. The minimum absolute atomic E-state index is 0.0775. The van der Waals surface area contributed by atoms with Crippen molar-refractivity contribution in [3.8, 4) is 5.69 Å². The maximum Gasteiger partial charge on any atom is 0.283 e. The SMILES string of the molecule is CCC1=NN2C(=N)/C(=C/c3cc(C)n(-c4ccc(C(C)CC)cc4)c3C)C(=O)N=C2S1. The summed E-state index contributed by atoms with van der Waals surface area (Å²) in [6, 6.07) is 10.7. The van der Waals surface area contributed by atoms with Crippen LogP contribution in [0, 0.1) is 19.3 Å². The second kappa shape index (κ2) is 8.30. The maximum atomic E-state index is 12.7. The summed E-state index contributed by atoms with van der Waals surface area (Å²) in [5.74, 6) is 0.224. The van der Waals surface area contributed by atoms with E-state index in [-0.39, 0.29) is 17.3 Å². The summed E-state index contributed by atoms with van der Waals surface area (Å²) in [6.07, 6.45) is 3.63. The molecule has 0 spiro atoms. The van der Waals surface area contributed by atoms with Crippen LogP contribution in [0.5, 0.6) is 0 Å². The van der Waals surface area contributed by atoms with Crippen LogP contribution in [-0.2, 0) is 4.79 Å². The first-order valence-electron chi connectivity index (χ1n) is 10.6. The molecule has 6 nitrogen and oxygen atoms in total. The van der Waals surface area contributed by atoms with Crippen molar-refractivity contribution in [3.05, 3.63) is 58.4 Å². The fourth-order valence-electron chi connectivity index (χ4n) is 3.85. The van der Waals surface area contributed by atoms with Gasteiger partial charge in [0, 0.05) is 17.1 Å². The van der Waals surface area contributed by atoms with Crippen LogP contribution in [0.15, 0.2) is 46.0 Å². The zero-order chi connectivity index (χ0) is 22.3. The first-order chi connectivity index (χ1) is 14.8. The summed E-state index contributed by atoms with van der Waals surface area (Å²) < 4.78 is 2.18. The Labute approximate surface area is 187 Å². The van der Waals surface area contributed by atoms with Crippen LogP contribution >= 0.6 is 11.8 Å². The molecule has 1 aromatic carbocycles. The Kier molecular flexibility index (Phi) is 5.71. The van der Waals surface area contributed by atoms with Crippen LogP contribution in [0.4, 0.5) is 0 Å². The number of benzene rings is 1. The lowest BCUT2D eigenvalue weighted by Crippen LogP contribution is -2.35. The molecule has 7 heteroatoms. The van der Waals surface area contributed by atoms with Crippen LogP contribution in [0.3, 0.4) is 0 Å². The Morgan fingerprint density at radius 3 is 2.55 bits per heavy atom. The summed E-state index contributed by atoms with van der Waals surface area (Å²) >= 11 is 1.35. The van der Waals surface area contributed by atoms with E-state index < -0.39 is 0 Å². The number of nitrogens with zero attached hydrogens (tertiary/aromatic N) is 4. The number of fused-ring (bicyclic) bond motifs is 1. The van der Waals surface area contributed by atoms with Crippen molar-refractivity contribution < 1.29 is 4.79 Å². The number of hydrogen-bond donors (Lipinski definition) is 1. The van der Waals surface area contributed by atoms with Crippen molar-refractivity contribution in [2.75, 3.05) is 0 Å². The number of carbonyl (C=O) groups is 1. The monoisotopic (exact) mass is 433 g/mol. The Morgan fingerprint density at radius 2 is 1.90 bits per heavy atom. The molecule has 2 aromatic rings. The maximum absolute atomic E-state index is 12.7. The van der Waals surface area contributed by atoms with E-state index in [1.807, 2.05) is 19.9 Å². The summed E-state index contributed by atoms with van der Waals surface area (Å²) in [7, 11) is 0. The number of hydrogen-bond acceptors (Lipinski definition) is 4. The Balaban J connectivity index is 1.69. The van der Waals surface area contributed by atoms with E-state index in [0.29, 0.717) is 11.1 Å². The number of carbonyl (C=O) groups excluding carboxylic acids is 1. The number of amidine groups is 2. The Bertz CT molecular complexity index is 1150. The highest BCUT2D eigenvalue weighted by Gasteiger charge is 2.35. The smallest absolute Gasteiger partial charge is 0.283 e. The Hall–Kier alpha value is -2.93. The number of aromatic nitrogens is 1. The van der Waals surface area contributed by atoms with Crippen molar-refractivity contribution >= 4 is 39.8 Å².